The Hall–Kier alpha value is -1.04. The van der Waals surface area contributed by atoms with Crippen molar-refractivity contribution in [2.24, 2.45) is 5.84 Å². The van der Waals surface area contributed by atoms with Crippen molar-refractivity contribution in [3.63, 3.8) is 0 Å². The standard InChI is InChI=1S/C12H15BrN2O2/c1-6-7(2)17-8(3)10(6)11(15-14)12-9(13)4-5-16-12/h4-5,11,15H,14H2,1-3H3. The van der Waals surface area contributed by atoms with Crippen LogP contribution in [0, 0.1) is 20.8 Å². The molecule has 4 nitrogen and oxygen atoms in total. The molecule has 0 aliphatic rings. The largest absolute Gasteiger partial charge is 0.466 e. The van der Waals surface area contributed by atoms with Crippen molar-refractivity contribution in [3.8, 4) is 0 Å². The molecule has 2 aromatic heterocycles. The van der Waals surface area contributed by atoms with E-state index < -0.39 is 0 Å². The van der Waals surface area contributed by atoms with Gasteiger partial charge < -0.3 is 8.83 Å². The lowest BCUT2D eigenvalue weighted by molar-refractivity contribution is 0.440. The second-order valence-electron chi connectivity index (χ2n) is 3.99. The summed E-state index contributed by atoms with van der Waals surface area (Å²) in [4.78, 5) is 0. The Bertz CT molecular complexity index is 531. The Morgan fingerprint density at radius 1 is 1.29 bits per heavy atom. The van der Waals surface area contributed by atoms with Gasteiger partial charge in [-0.25, -0.2) is 5.43 Å². The van der Waals surface area contributed by atoms with Crippen molar-refractivity contribution in [2.75, 3.05) is 0 Å². The summed E-state index contributed by atoms with van der Waals surface area (Å²) in [6.45, 7) is 5.88. The van der Waals surface area contributed by atoms with Gasteiger partial charge in [0, 0.05) is 5.56 Å². The maximum Gasteiger partial charge on any atom is 0.140 e. The fourth-order valence-corrected chi connectivity index (χ4v) is 2.47. The Morgan fingerprint density at radius 2 is 2.00 bits per heavy atom. The van der Waals surface area contributed by atoms with Crippen LogP contribution in [0.25, 0.3) is 0 Å². The first kappa shape index (κ1) is 12.4. The van der Waals surface area contributed by atoms with E-state index in [0.29, 0.717) is 0 Å². The molecule has 0 radical (unpaired) electrons. The fraction of sp³-hybridized carbons (Fsp3) is 0.333. The van der Waals surface area contributed by atoms with Crippen LogP contribution in [0.15, 0.2) is 25.6 Å². The maximum atomic E-state index is 5.64. The SMILES string of the molecule is Cc1oc(C)c(C(NN)c2occc2Br)c1C. The van der Waals surface area contributed by atoms with Gasteiger partial charge in [0.1, 0.15) is 23.3 Å². The minimum Gasteiger partial charge on any atom is -0.466 e. The molecule has 0 saturated carbocycles. The van der Waals surface area contributed by atoms with Gasteiger partial charge in [0.25, 0.3) is 0 Å². The maximum absolute atomic E-state index is 5.64. The Balaban J connectivity index is 2.53. The third-order valence-electron chi connectivity index (χ3n) is 2.98. The molecule has 0 fully saturated rings. The van der Waals surface area contributed by atoms with E-state index in [9.17, 15) is 0 Å². The number of halogens is 1. The monoisotopic (exact) mass is 298 g/mol. The molecule has 92 valence electrons. The molecule has 0 aromatic carbocycles. The quantitative estimate of drug-likeness (QED) is 0.675. The first-order valence-corrected chi connectivity index (χ1v) is 6.11. The zero-order valence-electron chi connectivity index (χ0n) is 10.0. The van der Waals surface area contributed by atoms with Crippen LogP contribution in [0.3, 0.4) is 0 Å². The number of rotatable bonds is 3. The van der Waals surface area contributed by atoms with Crippen LogP contribution in [0.1, 0.15) is 34.4 Å². The van der Waals surface area contributed by atoms with E-state index in [1.807, 2.05) is 26.8 Å². The van der Waals surface area contributed by atoms with E-state index in [1.54, 1.807) is 6.26 Å². The molecular weight excluding hydrogens is 284 g/mol. The highest BCUT2D eigenvalue weighted by molar-refractivity contribution is 9.10. The smallest absolute Gasteiger partial charge is 0.140 e. The second-order valence-corrected chi connectivity index (χ2v) is 4.84. The van der Waals surface area contributed by atoms with Gasteiger partial charge in [-0.1, -0.05) is 0 Å². The molecule has 0 spiro atoms. The molecule has 0 bridgehead atoms. The molecular formula is C12H15BrN2O2. The minimum atomic E-state index is -0.211. The van der Waals surface area contributed by atoms with E-state index in [0.717, 1.165) is 32.9 Å². The number of nitrogens with one attached hydrogen (secondary N) is 1. The van der Waals surface area contributed by atoms with Crippen LogP contribution in [0.5, 0.6) is 0 Å². The summed E-state index contributed by atoms with van der Waals surface area (Å²) in [5.41, 5.74) is 4.89. The van der Waals surface area contributed by atoms with Gasteiger partial charge in [-0.05, 0) is 48.3 Å². The number of hydrazine groups is 1. The van der Waals surface area contributed by atoms with E-state index in [2.05, 4.69) is 21.4 Å². The van der Waals surface area contributed by atoms with Crippen LogP contribution in [0.2, 0.25) is 0 Å². The molecule has 2 heterocycles. The highest BCUT2D eigenvalue weighted by Gasteiger charge is 2.25. The van der Waals surface area contributed by atoms with Gasteiger partial charge in [0.2, 0.25) is 0 Å². The minimum absolute atomic E-state index is 0.211. The van der Waals surface area contributed by atoms with Gasteiger partial charge in [0.15, 0.2) is 0 Å². The lowest BCUT2D eigenvalue weighted by atomic mass is 10.0. The Morgan fingerprint density at radius 3 is 2.41 bits per heavy atom. The van der Waals surface area contributed by atoms with Crippen molar-refractivity contribution in [2.45, 2.75) is 26.8 Å². The van der Waals surface area contributed by atoms with E-state index >= 15 is 0 Å². The lowest BCUT2D eigenvalue weighted by Crippen LogP contribution is -2.29. The zero-order valence-corrected chi connectivity index (χ0v) is 11.6. The van der Waals surface area contributed by atoms with Crippen molar-refractivity contribution < 1.29 is 8.83 Å². The van der Waals surface area contributed by atoms with Gasteiger partial charge in [-0.15, -0.1) is 0 Å². The summed E-state index contributed by atoms with van der Waals surface area (Å²) in [5, 5.41) is 0. The number of hydrogen-bond donors (Lipinski definition) is 2. The Kier molecular flexibility index (Phi) is 3.42. The molecule has 5 heteroatoms. The first-order chi connectivity index (χ1) is 8.06. The summed E-state index contributed by atoms with van der Waals surface area (Å²) in [7, 11) is 0. The van der Waals surface area contributed by atoms with E-state index in [1.165, 1.54) is 0 Å². The topological polar surface area (TPSA) is 64.3 Å². The van der Waals surface area contributed by atoms with Crippen molar-refractivity contribution in [1.82, 2.24) is 5.43 Å². The molecule has 3 N–H and O–H groups in total. The van der Waals surface area contributed by atoms with Gasteiger partial charge in [0.05, 0.1) is 10.7 Å². The number of nitrogens with two attached hydrogens (primary N) is 1. The highest BCUT2D eigenvalue weighted by Crippen LogP contribution is 2.34. The molecule has 1 atom stereocenters. The predicted octanol–water partition coefficient (Wildman–Crippen LogP) is 3.11. The third-order valence-corrected chi connectivity index (χ3v) is 3.63. The summed E-state index contributed by atoms with van der Waals surface area (Å²) in [5.74, 6) is 8.15. The number of furan rings is 2. The normalized spacial score (nSPS) is 13.0. The summed E-state index contributed by atoms with van der Waals surface area (Å²) in [6, 6.07) is 1.63. The summed E-state index contributed by atoms with van der Waals surface area (Å²) < 4.78 is 12.0. The van der Waals surface area contributed by atoms with Crippen molar-refractivity contribution in [1.29, 1.82) is 0 Å². The zero-order chi connectivity index (χ0) is 12.6. The van der Waals surface area contributed by atoms with E-state index in [-0.39, 0.29) is 6.04 Å². The highest BCUT2D eigenvalue weighted by atomic mass is 79.9. The average molecular weight is 299 g/mol. The summed E-state index contributed by atoms with van der Waals surface area (Å²) in [6.07, 6.45) is 1.63. The molecule has 0 saturated heterocycles. The van der Waals surface area contributed by atoms with Crippen LogP contribution in [-0.4, -0.2) is 0 Å². The number of aryl methyl sites for hydroxylation is 2. The van der Waals surface area contributed by atoms with Gasteiger partial charge in [-0.3, -0.25) is 5.84 Å². The van der Waals surface area contributed by atoms with Crippen LogP contribution >= 0.6 is 15.9 Å². The fourth-order valence-electron chi connectivity index (χ4n) is 2.04. The Labute approximate surface area is 108 Å². The van der Waals surface area contributed by atoms with Crippen molar-refractivity contribution >= 4 is 15.9 Å². The summed E-state index contributed by atoms with van der Waals surface area (Å²) >= 11 is 3.44. The van der Waals surface area contributed by atoms with Crippen molar-refractivity contribution in [3.05, 3.63) is 45.2 Å². The average Bonchev–Trinajstić information content (AvgIpc) is 2.79. The predicted molar refractivity (Wildman–Crippen MR) is 68.5 cm³/mol. The molecule has 2 rings (SSSR count). The third kappa shape index (κ3) is 2.06. The molecule has 2 aromatic rings. The molecule has 17 heavy (non-hydrogen) atoms. The van der Waals surface area contributed by atoms with Crippen LogP contribution in [0.4, 0.5) is 0 Å². The molecule has 1 unspecified atom stereocenters. The second kappa shape index (κ2) is 4.68. The molecule has 0 aliphatic carbocycles. The van der Waals surface area contributed by atoms with Crippen LogP contribution in [-0.2, 0) is 0 Å². The van der Waals surface area contributed by atoms with Crippen LogP contribution < -0.4 is 11.3 Å². The molecule has 0 amide bonds. The first-order valence-electron chi connectivity index (χ1n) is 5.31. The van der Waals surface area contributed by atoms with Gasteiger partial charge >= 0.3 is 0 Å². The van der Waals surface area contributed by atoms with Gasteiger partial charge in [-0.2, -0.15) is 0 Å². The molecule has 0 aliphatic heterocycles. The van der Waals surface area contributed by atoms with E-state index in [4.69, 9.17) is 14.7 Å². The number of hydrogen-bond acceptors (Lipinski definition) is 4. The lowest BCUT2D eigenvalue weighted by Gasteiger charge is -2.14.